The number of nitrogens with zero attached hydrogens (tertiary/aromatic N) is 1. The smallest absolute Gasteiger partial charge is 0.270 e. The minimum Gasteiger partial charge on any atom is -0.465 e. The Hall–Kier alpha value is -2.86. The van der Waals surface area contributed by atoms with Gasteiger partial charge in [0, 0.05) is 24.7 Å². The van der Waals surface area contributed by atoms with Crippen LogP contribution in [0.15, 0.2) is 46.7 Å². The molecule has 0 spiro atoms. The van der Waals surface area contributed by atoms with Gasteiger partial charge in [-0.3, -0.25) is 9.59 Å². The molecule has 0 bridgehead atoms. The van der Waals surface area contributed by atoms with Crippen LogP contribution in [0.25, 0.3) is 6.08 Å². The van der Waals surface area contributed by atoms with Crippen LogP contribution < -0.4 is 5.32 Å². The number of hydrogen-bond donors (Lipinski definition) is 1. The Bertz CT molecular complexity index is 876. The van der Waals surface area contributed by atoms with E-state index in [0.29, 0.717) is 24.4 Å². The normalized spacial score (nSPS) is 20.1. The number of nitrogens with one attached hydrogen (secondary N) is 1. The summed E-state index contributed by atoms with van der Waals surface area (Å²) >= 11 is 0. The summed E-state index contributed by atoms with van der Waals surface area (Å²) in [4.78, 5) is 27.6. The maximum absolute atomic E-state index is 13.1. The average molecular weight is 382 g/mol. The molecule has 1 fully saturated rings. The summed E-state index contributed by atoms with van der Waals surface area (Å²) in [6.07, 6.45) is 2.96. The van der Waals surface area contributed by atoms with E-state index in [2.05, 4.69) is 5.32 Å². The highest BCUT2D eigenvalue weighted by atomic mass is 16.5. The van der Waals surface area contributed by atoms with Crippen LogP contribution in [0.5, 0.6) is 0 Å². The zero-order chi connectivity index (χ0) is 20.3. The highest BCUT2D eigenvalue weighted by molar-refractivity contribution is 6.05. The van der Waals surface area contributed by atoms with Gasteiger partial charge in [-0.25, -0.2) is 0 Å². The zero-order valence-corrected chi connectivity index (χ0v) is 16.7. The van der Waals surface area contributed by atoms with Crippen molar-refractivity contribution in [3.8, 4) is 0 Å². The van der Waals surface area contributed by atoms with E-state index < -0.39 is 0 Å². The number of furan rings is 1. The lowest BCUT2D eigenvalue weighted by atomic mass is 10.1. The summed E-state index contributed by atoms with van der Waals surface area (Å²) in [5.74, 6) is -0.0858. The van der Waals surface area contributed by atoms with Crippen molar-refractivity contribution in [1.29, 1.82) is 0 Å². The first-order chi connectivity index (χ1) is 13.3. The van der Waals surface area contributed by atoms with Crippen LogP contribution in [0.4, 0.5) is 0 Å². The van der Waals surface area contributed by atoms with Crippen LogP contribution in [0.1, 0.15) is 41.1 Å². The molecule has 1 aromatic carbocycles. The molecule has 1 aliphatic heterocycles. The molecule has 2 amide bonds. The Morgan fingerprint density at radius 2 is 1.82 bits per heavy atom. The minimum atomic E-state index is -0.330. The van der Waals surface area contributed by atoms with E-state index in [-0.39, 0.29) is 29.7 Å². The van der Waals surface area contributed by atoms with Gasteiger partial charge in [0.1, 0.15) is 11.5 Å². The third-order valence-electron chi connectivity index (χ3n) is 4.78. The van der Waals surface area contributed by atoms with Crippen LogP contribution in [0, 0.1) is 13.8 Å². The lowest BCUT2D eigenvalue weighted by Gasteiger charge is -2.35. The molecular formula is C22H26N2O4. The zero-order valence-electron chi connectivity index (χ0n) is 16.7. The molecule has 1 aromatic heterocycles. The van der Waals surface area contributed by atoms with E-state index in [4.69, 9.17) is 9.15 Å². The molecule has 6 heteroatoms. The Morgan fingerprint density at radius 3 is 2.43 bits per heavy atom. The van der Waals surface area contributed by atoms with Crippen molar-refractivity contribution in [2.45, 2.75) is 39.9 Å². The van der Waals surface area contributed by atoms with Crippen molar-refractivity contribution in [2.75, 3.05) is 13.1 Å². The number of morpholine rings is 1. The molecule has 0 aliphatic carbocycles. The van der Waals surface area contributed by atoms with E-state index in [9.17, 15) is 9.59 Å². The van der Waals surface area contributed by atoms with Gasteiger partial charge in [0.25, 0.3) is 11.8 Å². The van der Waals surface area contributed by atoms with E-state index in [1.165, 1.54) is 6.26 Å². The van der Waals surface area contributed by atoms with Crippen LogP contribution in [-0.2, 0) is 9.53 Å². The van der Waals surface area contributed by atoms with Gasteiger partial charge in [0.2, 0.25) is 0 Å². The van der Waals surface area contributed by atoms with Crippen LogP contribution in [0.3, 0.4) is 0 Å². The fourth-order valence-corrected chi connectivity index (χ4v) is 3.26. The van der Waals surface area contributed by atoms with Crippen molar-refractivity contribution in [2.24, 2.45) is 0 Å². The summed E-state index contributed by atoms with van der Waals surface area (Å²) in [5, 5.41) is 2.78. The topological polar surface area (TPSA) is 71.8 Å². The van der Waals surface area contributed by atoms with Crippen LogP contribution in [0.2, 0.25) is 0 Å². The molecule has 28 heavy (non-hydrogen) atoms. The molecule has 1 saturated heterocycles. The molecule has 6 nitrogen and oxygen atoms in total. The lowest BCUT2D eigenvalue weighted by molar-refractivity contribution is -0.139. The highest BCUT2D eigenvalue weighted by Crippen LogP contribution is 2.16. The summed E-state index contributed by atoms with van der Waals surface area (Å²) < 4.78 is 11.1. The van der Waals surface area contributed by atoms with Gasteiger partial charge in [0.15, 0.2) is 0 Å². The number of aryl methyl sites for hydroxylation is 2. The van der Waals surface area contributed by atoms with Crippen LogP contribution in [-0.4, -0.2) is 42.0 Å². The van der Waals surface area contributed by atoms with Gasteiger partial charge >= 0.3 is 0 Å². The Labute approximate surface area is 165 Å². The van der Waals surface area contributed by atoms with Gasteiger partial charge in [-0.1, -0.05) is 6.07 Å². The number of carbonyl (C=O) groups is 2. The Kier molecular flexibility index (Phi) is 5.99. The monoisotopic (exact) mass is 382 g/mol. The second kappa shape index (κ2) is 8.44. The van der Waals surface area contributed by atoms with Gasteiger partial charge < -0.3 is 19.4 Å². The summed E-state index contributed by atoms with van der Waals surface area (Å²) in [5.41, 5.74) is 2.81. The predicted molar refractivity (Wildman–Crippen MR) is 107 cm³/mol. The maximum Gasteiger partial charge on any atom is 0.270 e. The molecule has 2 heterocycles. The molecular weight excluding hydrogens is 356 g/mol. The molecule has 0 radical (unpaired) electrons. The Balaban J connectivity index is 1.86. The van der Waals surface area contributed by atoms with Crippen molar-refractivity contribution < 1.29 is 18.7 Å². The SMILES string of the molecule is Cc1ccc(C(=O)NC(=Cc2ccco2)C(=O)N2C[C@@H](C)O[C@@H](C)C2)cc1C. The van der Waals surface area contributed by atoms with Crippen molar-refractivity contribution in [3.05, 3.63) is 64.7 Å². The molecule has 1 N–H and O–H groups in total. The molecule has 3 rings (SSSR count). The third-order valence-corrected chi connectivity index (χ3v) is 4.78. The van der Waals surface area contributed by atoms with Gasteiger partial charge in [-0.05, 0) is 63.1 Å². The largest absolute Gasteiger partial charge is 0.465 e. The van der Waals surface area contributed by atoms with E-state index >= 15 is 0 Å². The standard InChI is InChI=1S/C22H26N2O4/c1-14-7-8-18(10-15(14)2)21(25)23-20(11-19-6-5-9-27-19)22(26)24-12-16(3)28-17(4)13-24/h5-11,16-17H,12-13H2,1-4H3,(H,23,25)/t16-,17+. The maximum atomic E-state index is 13.1. The fraction of sp³-hybridized carbons (Fsp3) is 0.364. The van der Waals surface area contributed by atoms with Gasteiger partial charge in [0.05, 0.1) is 18.5 Å². The predicted octanol–water partition coefficient (Wildman–Crippen LogP) is 3.30. The average Bonchev–Trinajstić information content (AvgIpc) is 3.15. The summed E-state index contributed by atoms with van der Waals surface area (Å²) in [6.45, 7) is 8.74. The van der Waals surface area contributed by atoms with E-state index in [1.807, 2.05) is 39.8 Å². The number of hydrogen-bond acceptors (Lipinski definition) is 4. The first kappa shape index (κ1) is 19.9. The lowest BCUT2D eigenvalue weighted by Crippen LogP contribution is -2.50. The molecule has 0 unspecified atom stereocenters. The summed E-state index contributed by atoms with van der Waals surface area (Å²) in [6, 6.07) is 8.94. The molecule has 1 aliphatic rings. The fourth-order valence-electron chi connectivity index (χ4n) is 3.26. The number of ether oxygens (including phenoxy) is 1. The second-order valence-electron chi connectivity index (χ2n) is 7.29. The van der Waals surface area contributed by atoms with E-state index in [0.717, 1.165) is 11.1 Å². The van der Waals surface area contributed by atoms with Crippen LogP contribution >= 0.6 is 0 Å². The Morgan fingerprint density at radius 1 is 1.11 bits per heavy atom. The number of carbonyl (C=O) groups excluding carboxylic acids is 2. The number of benzene rings is 1. The second-order valence-corrected chi connectivity index (χ2v) is 7.29. The van der Waals surface area contributed by atoms with Gasteiger partial charge in [-0.15, -0.1) is 0 Å². The first-order valence-corrected chi connectivity index (χ1v) is 9.42. The van der Waals surface area contributed by atoms with E-state index in [1.54, 1.807) is 29.2 Å². The molecule has 148 valence electrons. The van der Waals surface area contributed by atoms with Gasteiger partial charge in [-0.2, -0.15) is 0 Å². The van der Waals surface area contributed by atoms with Crippen molar-refractivity contribution >= 4 is 17.9 Å². The quantitative estimate of drug-likeness (QED) is 0.824. The molecule has 2 aromatic rings. The highest BCUT2D eigenvalue weighted by Gasteiger charge is 2.28. The molecule has 2 atom stereocenters. The van der Waals surface area contributed by atoms with Crippen molar-refractivity contribution in [3.63, 3.8) is 0 Å². The minimum absolute atomic E-state index is 0.0620. The number of amides is 2. The summed E-state index contributed by atoms with van der Waals surface area (Å²) in [7, 11) is 0. The first-order valence-electron chi connectivity index (χ1n) is 9.42. The van der Waals surface area contributed by atoms with Crippen molar-refractivity contribution in [1.82, 2.24) is 10.2 Å². The third kappa shape index (κ3) is 4.70. The molecule has 0 saturated carbocycles. The number of rotatable bonds is 4.